The number of aromatic nitrogens is 1. The highest BCUT2D eigenvalue weighted by molar-refractivity contribution is 7.15. The van der Waals surface area contributed by atoms with Crippen LogP contribution in [0.4, 0.5) is 5.13 Å². The molecule has 0 aliphatic rings. The van der Waals surface area contributed by atoms with Gasteiger partial charge in [-0.2, -0.15) is 0 Å². The maximum Gasteiger partial charge on any atom is 0.308 e. The summed E-state index contributed by atoms with van der Waals surface area (Å²) in [6.45, 7) is 4.83. The van der Waals surface area contributed by atoms with Crippen molar-refractivity contribution in [3.8, 4) is 22.8 Å². The lowest BCUT2D eigenvalue weighted by Crippen LogP contribution is -2.01. The van der Waals surface area contributed by atoms with E-state index in [0.29, 0.717) is 40.4 Å². The van der Waals surface area contributed by atoms with Crippen LogP contribution in [0.15, 0.2) is 18.2 Å². The van der Waals surface area contributed by atoms with Crippen LogP contribution in [0.1, 0.15) is 18.7 Å². The zero-order chi connectivity index (χ0) is 16.1. The van der Waals surface area contributed by atoms with Gasteiger partial charge >= 0.3 is 5.97 Å². The number of carboxylic acids is 1. The molecular weight excluding hydrogens is 304 g/mol. The molecule has 0 aliphatic heterocycles. The largest absolute Gasteiger partial charge is 0.490 e. The molecule has 0 amide bonds. The van der Waals surface area contributed by atoms with Crippen LogP contribution in [0, 0.1) is 0 Å². The molecule has 1 heterocycles. The molecule has 6 nitrogen and oxygen atoms in total. The number of benzene rings is 1. The number of aliphatic carboxylic acids is 1. The number of hydrogen-bond donors (Lipinski definition) is 2. The van der Waals surface area contributed by atoms with E-state index in [2.05, 4.69) is 4.98 Å². The van der Waals surface area contributed by atoms with Gasteiger partial charge in [-0.3, -0.25) is 4.79 Å². The maximum atomic E-state index is 11.0. The van der Waals surface area contributed by atoms with Gasteiger partial charge in [0.2, 0.25) is 0 Å². The molecule has 0 fully saturated rings. The molecule has 2 aromatic rings. The van der Waals surface area contributed by atoms with E-state index in [-0.39, 0.29) is 6.42 Å². The van der Waals surface area contributed by atoms with Gasteiger partial charge in [-0.25, -0.2) is 4.98 Å². The summed E-state index contributed by atoms with van der Waals surface area (Å²) < 4.78 is 11.1. The van der Waals surface area contributed by atoms with Crippen LogP contribution in [0.3, 0.4) is 0 Å². The van der Waals surface area contributed by atoms with E-state index in [1.807, 2.05) is 19.9 Å². The molecule has 7 heteroatoms. The minimum absolute atomic E-state index is 0.110. The highest BCUT2D eigenvalue weighted by Gasteiger charge is 2.16. The molecule has 0 spiro atoms. The summed E-state index contributed by atoms with van der Waals surface area (Å²) in [6, 6.07) is 5.42. The van der Waals surface area contributed by atoms with Gasteiger partial charge in [0, 0.05) is 10.4 Å². The Morgan fingerprint density at radius 1 is 1.27 bits per heavy atom. The second-order valence-electron chi connectivity index (χ2n) is 4.42. The Kier molecular flexibility index (Phi) is 5.21. The van der Waals surface area contributed by atoms with E-state index >= 15 is 0 Å². The summed E-state index contributed by atoms with van der Waals surface area (Å²) in [6.07, 6.45) is -0.110. The van der Waals surface area contributed by atoms with Gasteiger partial charge in [0.1, 0.15) is 0 Å². The minimum atomic E-state index is -0.916. The van der Waals surface area contributed by atoms with E-state index < -0.39 is 5.97 Å². The fraction of sp³-hybridized carbons (Fsp3) is 0.333. The Labute approximate surface area is 132 Å². The molecule has 0 radical (unpaired) electrons. The highest BCUT2D eigenvalue weighted by atomic mass is 32.1. The first kappa shape index (κ1) is 16.1. The van der Waals surface area contributed by atoms with Crippen molar-refractivity contribution in [2.75, 3.05) is 18.9 Å². The van der Waals surface area contributed by atoms with Crippen LogP contribution in [0.2, 0.25) is 0 Å². The lowest BCUT2D eigenvalue weighted by Gasteiger charge is -2.12. The third-order valence-corrected chi connectivity index (χ3v) is 3.73. The fourth-order valence-corrected chi connectivity index (χ4v) is 2.90. The molecule has 2 rings (SSSR count). The predicted octanol–water partition coefficient (Wildman–Crippen LogP) is 2.82. The predicted molar refractivity (Wildman–Crippen MR) is 85.6 cm³/mol. The third kappa shape index (κ3) is 3.67. The Hall–Kier alpha value is -2.28. The summed E-state index contributed by atoms with van der Waals surface area (Å²) >= 11 is 1.18. The molecular formula is C15H18N2O4S. The van der Waals surface area contributed by atoms with Crippen molar-refractivity contribution < 1.29 is 19.4 Å². The van der Waals surface area contributed by atoms with Crippen LogP contribution < -0.4 is 15.2 Å². The molecule has 3 N–H and O–H groups in total. The molecule has 0 atom stereocenters. The Morgan fingerprint density at radius 3 is 2.59 bits per heavy atom. The molecule has 22 heavy (non-hydrogen) atoms. The first-order chi connectivity index (χ1) is 10.5. The molecule has 0 bridgehead atoms. The van der Waals surface area contributed by atoms with Crippen molar-refractivity contribution in [2.24, 2.45) is 0 Å². The van der Waals surface area contributed by atoms with Crippen molar-refractivity contribution in [3.05, 3.63) is 23.1 Å². The third-order valence-electron chi connectivity index (χ3n) is 2.84. The van der Waals surface area contributed by atoms with E-state index in [9.17, 15) is 4.79 Å². The standard InChI is InChI=1S/C15H18N2O4S/c1-3-20-10-6-5-9(7-11(10)21-4-2)14-12(8-13(18)19)22-15(16)17-14/h5-7H,3-4,8H2,1-2H3,(H2,16,17)(H,18,19). The van der Waals surface area contributed by atoms with Crippen LogP contribution in [-0.4, -0.2) is 29.3 Å². The summed E-state index contributed by atoms with van der Waals surface area (Å²) in [4.78, 5) is 15.8. The number of anilines is 1. The van der Waals surface area contributed by atoms with Crippen molar-refractivity contribution in [1.82, 2.24) is 4.98 Å². The summed E-state index contributed by atoms with van der Waals surface area (Å²) in [5.74, 6) is 0.339. The van der Waals surface area contributed by atoms with Crippen molar-refractivity contribution in [3.63, 3.8) is 0 Å². The van der Waals surface area contributed by atoms with Crippen LogP contribution in [0.25, 0.3) is 11.3 Å². The summed E-state index contributed by atoms with van der Waals surface area (Å²) in [5.41, 5.74) is 7.06. The molecule has 1 aromatic carbocycles. The van der Waals surface area contributed by atoms with Crippen molar-refractivity contribution in [2.45, 2.75) is 20.3 Å². The van der Waals surface area contributed by atoms with Gasteiger partial charge < -0.3 is 20.3 Å². The second kappa shape index (κ2) is 7.13. The van der Waals surface area contributed by atoms with Crippen LogP contribution in [0.5, 0.6) is 11.5 Å². The van der Waals surface area contributed by atoms with E-state index in [4.69, 9.17) is 20.3 Å². The van der Waals surface area contributed by atoms with E-state index in [1.54, 1.807) is 12.1 Å². The number of nitrogens with two attached hydrogens (primary N) is 1. The topological polar surface area (TPSA) is 94.7 Å². The normalized spacial score (nSPS) is 10.5. The van der Waals surface area contributed by atoms with Gasteiger partial charge in [0.05, 0.1) is 25.3 Å². The average Bonchev–Trinajstić information content (AvgIpc) is 2.81. The van der Waals surface area contributed by atoms with E-state index in [1.165, 1.54) is 11.3 Å². The lowest BCUT2D eigenvalue weighted by atomic mass is 10.1. The first-order valence-corrected chi connectivity index (χ1v) is 7.73. The van der Waals surface area contributed by atoms with Gasteiger partial charge in [0.15, 0.2) is 16.6 Å². The highest BCUT2D eigenvalue weighted by Crippen LogP contribution is 2.36. The van der Waals surface area contributed by atoms with Crippen molar-refractivity contribution in [1.29, 1.82) is 0 Å². The average molecular weight is 322 g/mol. The van der Waals surface area contributed by atoms with Gasteiger partial charge in [-0.1, -0.05) is 0 Å². The number of ether oxygens (including phenoxy) is 2. The molecule has 118 valence electrons. The zero-order valence-corrected chi connectivity index (χ0v) is 13.3. The molecule has 1 aromatic heterocycles. The molecule has 0 unspecified atom stereocenters. The monoisotopic (exact) mass is 322 g/mol. The number of hydrogen-bond acceptors (Lipinski definition) is 6. The molecule has 0 saturated heterocycles. The van der Waals surface area contributed by atoms with Crippen LogP contribution in [-0.2, 0) is 11.2 Å². The maximum absolute atomic E-state index is 11.0. The number of carbonyl (C=O) groups is 1. The van der Waals surface area contributed by atoms with E-state index in [0.717, 1.165) is 5.56 Å². The van der Waals surface area contributed by atoms with Crippen LogP contribution >= 0.6 is 11.3 Å². The number of nitrogens with zero attached hydrogens (tertiary/aromatic N) is 1. The number of nitrogen functional groups attached to an aromatic ring is 1. The first-order valence-electron chi connectivity index (χ1n) is 6.92. The summed E-state index contributed by atoms with van der Waals surface area (Å²) in [5, 5.41) is 9.34. The number of rotatable bonds is 7. The summed E-state index contributed by atoms with van der Waals surface area (Å²) in [7, 11) is 0. The van der Waals surface area contributed by atoms with Gasteiger partial charge in [-0.05, 0) is 32.0 Å². The number of thiazole rings is 1. The second-order valence-corrected chi connectivity index (χ2v) is 5.54. The minimum Gasteiger partial charge on any atom is -0.490 e. The SMILES string of the molecule is CCOc1ccc(-c2nc(N)sc2CC(=O)O)cc1OCC. The Morgan fingerprint density at radius 2 is 1.95 bits per heavy atom. The lowest BCUT2D eigenvalue weighted by molar-refractivity contribution is -0.136. The quantitative estimate of drug-likeness (QED) is 0.814. The Balaban J connectivity index is 2.44. The number of carboxylic acid groups (broad SMARTS) is 1. The zero-order valence-electron chi connectivity index (χ0n) is 12.5. The van der Waals surface area contributed by atoms with Gasteiger partial charge in [0.25, 0.3) is 0 Å². The molecule has 0 saturated carbocycles. The smallest absolute Gasteiger partial charge is 0.308 e. The fourth-order valence-electron chi connectivity index (χ4n) is 2.05. The van der Waals surface area contributed by atoms with Gasteiger partial charge in [-0.15, -0.1) is 11.3 Å². The van der Waals surface area contributed by atoms with Crippen molar-refractivity contribution >= 4 is 22.4 Å². The Bertz CT molecular complexity index is 670. The molecule has 0 aliphatic carbocycles.